The number of amides is 2. The number of hydrogen-bond donors (Lipinski definition) is 5. The number of halogens is 1. The zero-order valence-corrected chi connectivity index (χ0v) is 18.9. The lowest BCUT2D eigenvalue weighted by atomic mass is 10.0. The first kappa shape index (κ1) is 22.6. The predicted octanol–water partition coefficient (Wildman–Crippen LogP) is 2.87. The van der Waals surface area contributed by atoms with Gasteiger partial charge in [0.1, 0.15) is 17.4 Å². The minimum atomic E-state index is -0.428. The monoisotopic (exact) mass is 468 g/mol. The van der Waals surface area contributed by atoms with Gasteiger partial charge in [-0.2, -0.15) is 0 Å². The van der Waals surface area contributed by atoms with Crippen LogP contribution in [0.2, 0.25) is 0 Å². The van der Waals surface area contributed by atoms with Gasteiger partial charge in [0.05, 0.1) is 41.2 Å². The molecule has 2 heterocycles. The fourth-order valence-corrected chi connectivity index (χ4v) is 3.97. The minimum Gasteiger partial charge on any atom is -0.497 e. The Kier molecular flexibility index (Phi) is 6.79. The molecular weight excluding hydrogens is 444 g/mol. The van der Waals surface area contributed by atoms with Crippen molar-refractivity contribution in [3.8, 4) is 5.75 Å². The predicted molar refractivity (Wildman–Crippen MR) is 126 cm³/mol. The van der Waals surface area contributed by atoms with Crippen molar-refractivity contribution >= 4 is 40.3 Å². The number of methoxy groups -OCH3 is 1. The molecular formula is C23H25ClN6O3. The Morgan fingerprint density at radius 3 is 2.97 bits per heavy atom. The van der Waals surface area contributed by atoms with E-state index in [9.17, 15) is 9.59 Å². The Morgan fingerprint density at radius 2 is 2.18 bits per heavy atom. The van der Waals surface area contributed by atoms with Gasteiger partial charge < -0.3 is 25.7 Å². The summed E-state index contributed by atoms with van der Waals surface area (Å²) in [5, 5.41) is 16.4. The molecule has 172 valence electrons. The van der Waals surface area contributed by atoms with Gasteiger partial charge in [-0.15, -0.1) is 11.6 Å². The Labute approximate surface area is 195 Å². The largest absolute Gasteiger partial charge is 0.497 e. The van der Waals surface area contributed by atoms with E-state index in [1.807, 2.05) is 24.3 Å². The molecule has 0 bridgehead atoms. The van der Waals surface area contributed by atoms with Crippen LogP contribution in [0.4, 0.5) is 0 Å². The highest BCUT2D eigenvalue weighted by atomic mass is 35.5. The van der Waals surface area contributed by atoms with Crippen LogP contribution < -0.4 is 20.7 Å². The molecule has 5 N–H and O–H groups in total. The number of hydrogen-bond acceptors (Lipinski definition) is 5. The summed E-state index contributed by atoms with van der Waals surface area (Å²) < 4.78 is 5.28. The van der Waals surface area contributed by atoms with E-state index in [1.165, 1.54) is 0 Å². The third-order valence-corrected chi connectivity index (χ3v) is 5.81. The van der Waals surface area contributed by atoms with Crippen molar-refractivity contribution in [2.75, 3.05) is 19.5 Å². The first-order chi connectivity index (χ1) is 16.0. The molecule has 0 aliphatic carbocycles. The maximum absolute atomic E-state index is 13.2. The van der Waals surface area contributed by atoms with Crippen molar-refractivity contribution in [1.29, 1.82) is 5.41 Å². The molecule has 0 saturated carbocycles. The molecule has 2 amide bonds. The molecule has 0 unspecified atom stereocenters. The van der Waals surface area contributed by atoms with Gasteiger partial charge in [-0.1, -0.05) is 12.1 Å². The highest BCUT2D eigenvalue weighted by molar-refractivity contribution is 6.27. The number of benzene rings is 2. The summed E-state index contributed by atoms with van der Waals surface area (Å²) in [6.07, 6.45) is 1.23. The molecule has 1 aliphatic rings. The fourth-order valence-electron chi connectivity index (χ4n) is 3.87. The Hall–Kier alpha value is -3.59. The first-order valence-corrected chi connectivity index (χ1v) is 11.2. The highest BCUT2D eigenvalue weighted by Gasteiger charge is 2.27. The number of imidazole rings is 1. The fraction of sp³-hybridized carbons (Fsp3) is 0.304. The number of carbonyl (C=O) groups is 2. The summed E-state index contributed by atoms with van der Waals surface area (Å²) in [6.45, 7) is 0.956. The van der Waals surface area contributed by atoms with E-state index < -0.39 is 6.04 Å². The third-order valence-electron chi connectivity index (χ3n) is 5.55. The van der Waals surface area contributed by atoms with E-state index in [4.69, 9.17) is 21.7 Å². The van der Waals surface area contributed by atoms with E-state index in [2.05, 4.69) is 25.9 Å². The van der Waals surface area contributed by atoms with Crippen LogP contribution in [0.5, 0.6) is 5.75 Å². The number of H-pyrrole nitrogens is 1. The molecule has 0 fully saturated rings. The second-order valence-electron chi connectivity index (χ2n) is 7.73. The Morgan fingerprint density at radius 1 is 1.33 bits per heavy atom. The zero-order chi connectivity index (χ0) is 23.4. The number of nitrogens with zero attached hydrogens (tertiary/aromatic N) is 1. The van der Waals surface area contributed by atoms with Gasteiger partial charge in [0, 0.05) is 19.2 Å². The lowest BCUT2D eigenvalue weighted by molar-refractivity contribution is 0.0912. The van der Waals surface area contributed by atoms with Crippen molar-refractivity contribution in [2.24, 2.45) is 0 Å². The molecule has 4 rings (SSSR count). The average molecular weight is 469 g/mol. The molecule has 1 atom stereocenters. The zero-order valence-electron chi connectivity index (χ0n) is 18.1. The standard InChI is InChI=1S/C23H25ClN6O3/c1-33-14-7-8-16-18(10-14)29-21(28-16)17(6-3-9-26-19(25)11-24)30-22(31)15-5-2-4-13-12-27-23(32)20(13)15/h2,4-5,7-8,10,17H,3,6,9,11-12H2,1H3,(H2,25,26)(H,27,32)(H,28,29)(H,30,31)/t17-/m0/s1. The van der Waals surface area contributed by atoms with Crippen molar-refractivity contribution in [2.45, 2.75) is 25.4 Å². The molecule has 3 aromatic rings. The van der Waals surface area contributed by atoms with E-state index in [0.29, 0.717) is 48.6 Å². The minimum absolute atomic E-state index is 0.118. The van der Waals surface area contributed by atoms with Crippen molar-refractivity contribution in [1.82, 2.24) is 25.9 Å². The number of nitrogens with one attached hydrogen (secondary N) is 5. The molecule has 33 heavy (non-hydrogen) atoms. The van der Waals surface area contributed by atoms with E-state index in [1.54, 1.807) is 19.2 Å². The smallest absolute Gasteiger partial charge is 0.252 e. The quantitative estimate of drug-likeness (QED) is 0.142. The molecule has 1 aliphatic heterocycles. The van der Waals surface area contributed by atoms with Crippen molar-refractivity contribution in [3.05, 3.63) is 58.9 Å². The summed E-state index contributed by atoms with van der Waals surface area (Å²) >= 11 is 5.65. The molecule has 2 aromatic carbocycles. The topological polar surface area (TPSA) is 132 Å². The van der Waals surface area contributed by atoms with Gasteiger partial charge in [-0.25, -0.2) is 4.98 Å². The van der Waals surface area contributed by atoms with Gasteiger partial charge in [0.25, 0.3) is 11.8 Å². The number of fused-ring (bicyclic) bond motifs is 2. The summed E-state index contributed by atoms with van der Waals surface area (Å²) in [7, 11) is 1.59. The number of ether oxygens (including phenoxy) is 1. The van der Waals surface area contributed by atoms with Crippen LogP contribution in [0.15, 0.2) is 36.4 Å². The van der Waals surface area contributed by atoms with Crippen LogP contribution in [0.3, 0.4) is 0 Å². The summed E-state index contributed by atoms with van der Waals surface area (Å²) in [6, 6.07) is 10.4. The van der Waals surface area contributed by atoms with E-state index in [-0.39, 0.29) is 23.5 Å². The van der Waals surface area contributed by atoms with Crippen LogP contribution in [0.1, 0.15) is 51.0 Å². The van der Waals surface area contributed by atoms with Gasteiger partial charge in [-0.05, 0) is 36.6 Å². The summed E-state index contributed by atoms with van der Waals surface area (Å²) in [4.78, 5) is 33.4. The number of aromatic amines is 1. The SMILES string of the molecule is COc1ccc2[nH]c([C@H](CCCNC(=N)CCl)NC(=O)c3cccc4c3C(=O)NC4)nc2c1. The lowest BCUT2D eigenvalue weighted by Crippen LogP contribution is -2.32. The van der Waals surface area contributed by atoms with Crippen LogP contribution in [-0.2, 0) is 6.54 Å². The van der Waals surface area contributed by atoms with Crippen LogP contribution in [0, 0.1) is 5.41 Å². The van der Waals surface area contributed by atoms with E-state index in [0.717, 1.165) is 16.6 Å². The molecule has 9 nitrogen and oxygen atoms in total. The molecule has 0 spiro atoms. The van der Waals surface area contributed by atoms with Crippen LogP contribution in [0.25, 0.3) is 11.0 Å². The number of aromatic nitrogens is 2. The number of amidine groups is 1. The Balaban J connectivity index is 1.58. The third kappa shape index (κ3) is 4.93. The summed E-state index contributed by atoms with van der Waals surface area (Å²) in [5.74, 6) is 1.08. The van der Waals surface area contributed by atoms with Crippen LogP contribution in [-0.4, -0.2) is 47.2 Å². The Bertz CT molecular complexity index is 1210. The van der Waals surface area contributed by atoms with Gasteiger partial charge in [-0.3, -0.25) is 15.0 Å². The highest BCUT2D eigenvalue weighted by Crippen LogP contribution is 2.25. The molecule has 0 saturated heterocycles. The van der Waals surface area contributed by atoms with Crippen molar-refractivity contribution in [3.63, 3.8) is 0 Å². The van der Waals surface area contributed by atoms with Gasteiger partial charge >= 0.3 is 0 Å². The normalized spacial score (nSPS) is 13.3. The maximum Gasteiger partial charge on any atom is 0.252 e. The molecule has 1 aromatic heterocycles. The van der Waals surface area contributed by atoms with Crippen LogP contribution >= 0.6 is 11.6 Å². The first-order valence-electron chi connectivity index (χ1n) is 10.6. The molecule has 10 heteroatoms. The van der Waals surface area contributed by atoms with Gasteiger partial charge in [0.2, 0.25) is 0 Å². The average Bonchev–Trinajstić information content (AvgIpc) is 3.43. The molecule has 0 radical (unpaired) electrons. The number of alkyl halides is 1. The number of carbonyl (C=O) groups excluding carboxylic acids is 2. The second kappa shape index (κ2) is 9.91. The lowest BCUT2D eigenvalue weighted by Gasteiger charge is -2.18. The maximum atomic E-state index is 13.2. The second-order valence-corrected chi connectivity index (χ2v) is 8.00. The van der Waals surface area contributed by atoms with Gasteiger partial charge in [0.15, 0.2) is 0 Å². The summed E-state index contributed by atoms with van der Waals surface area (Å²) in [5.41, 5.74) is 3.12. The van der Waals surface area contributed by atoms with E-state index >= 15 is 0 Å². The van der Waals surface area contributed by atoms with Crippen molar-refractivity contribution < 1.29 is 14.3 Å². The number of rotatable bonds is 9.